The van der Waals surface area contributed by atoms with Gasteiger partial charge in [-0.2, -0.15) is 22.8 Å². The third-order valence-corrected chi connectivity index (χ3v) is 4.70. The molecule has 3 aromatic heterocycles. The van der Waals surface area contributed by atoms with Gasteiger partial charge >= 0.3 is 6.18 Å². The van der Waals surface area contributed by atoms with Crippen LogP contribution >= 0.6 is 0 Å². The van der Waals surface area contributed by atoms with Gasteiger partial charge in [-0.25, -0.2) is 0 Å². The van der Waals surface area contributed by atoms with Gasteiger partial charge in [-0.05, 0) is 36.6 Å². The molecule has 0 aliphatic rings. The van der Waals surface area contributed by atoms with Gasteiger partial charge in [-0.15, -0.1) is 15.3 Å². The molecule has 0 aliphatic heterocycles. The number of hydrogen-bond acceptors (Lipinski definition) is 5. The second-order valence-electron chi connectivity index (χ2n) is 6.73. The maximum absolute atomic E-state index is 13.2. The first kappa shape index (κ1) is 18.9. The van der Waals surface area contributed by atoms with E-state index in [1.807, 2.05) is 41.2 Å². The number of rotatable bonds is 5. The fourth-order valence-corrected chi connectivity index (χ4v) is 3.08. The van der Waals surface area contributed by atoms with E-state index in [-0.39, 0.29) is 5.65 Å². The summed E-state index contributed by atoms with van der Waals surface area (Å²) in [4.78, 5) is 0. The van der Waals surface area contributed by atoms with Gasteiger partial charge in [0.15, 0.2) is 11.5 Å². The van der Waals surface area contributed by atoms with E-state index in [0.29, 0.717) is 24.5 Å². The molecule has 0 fully saturated rings. The van der Waals surface area contributed by atoms with E-state index in [0.717, 1.165) is 21.2 Å². The van der Waals surface area contributed by atoms with Crippen molar-refractivity contribution >= 4 is 11.5 Å². The molecule has 10 heteroatoms. The Morgan fingerprint density at radius 3 is 2.55 bits per heavy atom. The lowest BCUT2D eigenvalue weighted by Crippen LogP contribution is -2.15. The first-order valence-electron chi connectivity index (χ1n) is 8.92. The van der Waals surface area contributed by atoms with E-state index in [1.165, 1.54) is 0 Å². The van der Waals surface area contributed by atoms with Gasteiger partial charge in [0.1, 0.15) is 0 Å². The summed E-state index contributed by atoms with van der Waals surface area (Å²) in [7, 11) is 0. The van der Waals surface area contributed by atoms with E-state index in [2.05, 4.69) is 25.7 Å². The number of hydrogen-bond donors (Lipinski definition) is 1. The number of nitrogens with one attached hydrogen (secondary N) is 1. The van der Waals surface area contributed by atoms with Gasteiger partial charge in [-0.1, -0.05) is 24.3 Å². The number of benzene rings is 1. The van der Waals surface area contributed by atoms with E-state index < -0.39 is 12.0 Å². The van der Waals surface area contributed by atoms with Crippen LogP contribution in [0, 0.1) is 13.8 Å². The third kappa shape index (κ3) is 3.78. The molecule has 0 radical (unpaired) electrons. The Balaban J connectivity index is 1.59. The normalized spacial score (nSPS) is 11.9. The number of alkyl halides is 3. The van der Waals surface area contributed by atoms with Gasteiger partial charge in [0.05, 0.1) is 6.54 Å². The molecule has 7 nitrogen and oxygen atoms in total. The summed E-state index contributed by atoms with van der Waals surface area (Å²) >= 11 is 0. The zero-order chi connectivity index (χ0) is 20.6. The minimum atomic E-state index is -4.63. The van der Waals surface area contributed by atoms with Crippen molar-refractivity contribution in [1.29, 1.82) is 0 Å². The Morgan fingerprint density at radius 1 is 1.03 bits per heavy atom. The van der Waals surface area contributed by atoms with Crippen LogP contribution in [0.1, 0.15) is 28.1 Å². The highest BCUT2D eigenvalue weighted by atomic mass is 19.4. The average molecular weight is 401 g/mol. The fraction of sp³-hybridized carbons (Fsp3) is 0.263. The van der Waals surface area contributed by atoms with E-state index in [1.54, 1.807) is 20.0 Å². The van der Waals surface area contributed by atoms with E-state index >= 15 is 0 Å². The summed E-state index contributed by atoms with van der Waals surface area (Å²) in [6.45, 7) is 4.55. The highest BCUT2D eigenvalue weighted by Crippen LogP contribution is 2.29. The van der Waals surface area contributed by atoms with Crippen molar-refractivity contribution in [2.75, 3.05) is 5.32 Å². The molecule has 0 saturated heterocycles. The molecule has 0 unspecified atom stereocenters. The summed E-state index contributed by atoms with van der Waals surface area (Å²) in [6, 6.07) is 9.76. The number of halogens is 3. The van der Waals surface area contributed by atoms with Crippen LogP contribution in [-0.2, 0) is 19.3 Å². The minimum absolute atomic E-state index is 0.0987. The molecule has 0 saturated carbocycles. The van der Waals surface area contributed by atoms with Crippen molar-refractivity contribution in [2.24, 2.45) is 0 Å². The number of aryl methyl sites for hydroxylation is 1. The van der Waals surface area contributed by atoms with E-state index in [9.17, 15) is 13.2 Å². The Hall–Kier alpha value is -3.43. The zero-order valence-electron chi connectivity index (χ0n) is 15.8. The summed E-state index contributed by atoms with van der Waals surface area (Å²) in [5, 5.41) is 18.3. The maximum atomic E-state index is 13.2. The van der Waals surface area contributed by atoms with Gasteiger partial charge in [0, 0.05) is 24.5 Å². The van der Waals surface area contributed by atoms with E-state index in [4.69, 9.17) is 0 Å². The molecular formula is C19H18F3N7. The van der Waals surface area contributed by atoms with Crippen molar-refractivity contribution in [3.05, 3.63) is 70.8 Å². The molecule has 1 aromatic carbocycles. The molecule has 150 valence electrons. The van der Waals surface area contributed by atoms with Gasteiger partial charge in [-0.3, -0.25) is 4.68 Å². The average Bonchev–Trinajstić information content (AvgIpc) is 3.33. The van der Waals surface area contributed by atoms with Crippen molar-refractivity contribution in [2.45, 2.75) is 33.1 Å². The molecule has 0 aliphatic carbocycles. The summed E-state index contributed by atoms with van der Waals surface area (Å²) < 4.78 is 42.1. The van der Waals surface area contributed by atoms with Crippen LogP contribution < -0.4 is 5.32 Å². The highest BCUT2D eigenvalue weighted by Gasteiger charge is 2.38. The lowest BCUT2D eigenvalue weighted by atomic mass is 10.1. The lowest BCUT2D eigenvalue weighted by Gasteiger charge is -2.13. The molecule has 1 N–H and O–H groups in total. The molecule has 0 atom stereocenters. The maximum Gasteiger partial charge on any atom is 0.453 e. The Labute approximate surface area is 164 Å². The first-order chi connectivity index (χ1) is 13.8. The van der Waals surface area contributed by atoms with Crippen LogP contribution in [0.5, 0.6) is 0 Å². The first-order valence-corrected chi connectivity index (χ1v) is 8.92. The molecule has 0 bridgehead atoms. The predicted molar refractivity (Wildman–Crippen MR) is 100 cm³/mol. The van der Waals surface area contributed by atoms with Crippen LogP contribution in [-0.4, -0.2) is 29.6 Å². The predicted octanol–water partition coefficient (Wildman–Crippen LogP) is 3.62. The van der Waals surface area contributed by atoms with Crippen molar-refractivity contribution in [1.82, 2.24) is 29.6 Å². The highest BCUT2D eigenvalue weighted by molar-refractivity contribution is 5.58. The third-order valence-electron chi connectivity index (χ3n) is 4.70. The monoisotopic (exact) mass is 401 g/mol. The largest absolute Gasteiger partial charge is 0.453 e. The van der Waals surface area contributed by atoms with Crippen LogP contribution in [0.3, 0.4) is 0 Å². The van der Waals surface area contributed by atoms with Crippen molar-refractivity contribution in [3.63, 3.8) is 0 Å². The SMILES string of the molecule is Cc1c(NCc2cccc(Cn3cccn3)c2)nn2c(C(F)(F)F)nnc2c1C. The van der Waals surface area contributed by atoms with Crippen molar-refractivity contribution in [3.8, 4) is 0 Å². The van der Waals surface area contributed by atoms with Crippen LogP contribution in [0.2, 0.25) is 0 Å². The van der Waals surface area contributed by atoms with Crippen LogP contribution in [0.15, 0.2) is 42.7 Å². The van der Waals surface area contributed by atoms with Gasteiger partial charge in [0.2, 0.25) is 0 Å². The molecule has 4 rings (SSSR count). The Kier molecular flexibility index (Phi) is 4.69. The summed E-state index contributed by atoms with van der Waals surface area (Å²) in [5.41, 5.74) is 3.47. The summed E-state index contributed by atoms with van der Waals surface area (Å²) in [6.07, 6.45) is -1.03. The molecular weight excluding hydrogens is 383 g/mol. The minimum Gasteiger partial charge on any atom is -0.364 e. The lowest BCUT2D eigenvalue weighted by molar-refractivity contribution is -0.146. The van der Waals surface area contributed by atoms with Crippen LogP contribution in [0.25, 0.3) is 5.65 Å². The van der Waals surface area contributed by atoms with Crippen LogP contribution in [0.4, 0.5) is 19.0 Å². The molecule has 29 heavy (non-hydrogen) atoms. The van der Waals surface area contributed by atoms with Gasteiger partial charge < -0.3 is 5.32 Å². The zero-order valence-corrected chi connectivity index (χ0v) is 15.8. The molecule has 4 aromatic rings. The number of nitrogens with zero attached hydrogens (tertiary/aromatic N) is 6. The fourth-order valence-electron chi connectivity index (χ4n) is 3.08. The summed E-state index contributed by atoms with van der Waals surface area (Å²) in [5.74, 6) is -0.780. The van der Waals surface area contributed by atoms with Gasteiger partial charge in [0.25, 0.3) is 5.82 Å². The molecule has 0 spiro atoms. The quantitative estimate of drug-likeness (QED) is 0.553. The number of fused-ring (bicyclic) bond motifs is 1. The topological polar surface area (TPSA) is 72.9 Å². The second-order valence-corrected chi connectivity index (χ2v) is 6.73. The number of anilines is 1. The molecule has 0 amide bonds. The molecule has 3 heterocycles. The number of aromatic nitrogens is 6. The second kappa shape index (κ2) is 7.19. The van der Waals surface area contributed by atoms with Crippen molar-refractivity contribution < 1.29 is 13.2 Å². The standard InChI is InChI=1S/C19H18F3N7/c1-12-13(2)17-25-26-18(19(20,21)22)29(17)27-16(12)23-10-14-5-3-6-15(9-14)11-28-8-4-7-24-28/h3-9H,10-11H2,1-2H3,(H,23,27). The Morgan fingerprint density at radius 2 is 1.83 bits per heavy atom. The smallest absolute Gasteiger partial charge is 0.364 e. The Bertz CT molecular complexity index is 1150.